The number of rotatable bonds is 2. The maximum Gasteiger partial charge on any atom is 0.212 e. The molecule has 0 spiro atoms. The average molecular weight is 163 g/mol. The lowest BCUT2D eigenvalue weighted by atomic mass is 10.3. The Hall–Kier alpha value is -0.760. The van der Waals surface area contributed by atoms with E-state index in [0.717, 1.165) is 6.20 Å². The predicted molar refractivity (Wildman–Crippen MR) is 40.3 cm³/mol. The Morgan fingerprint density at radius 1 is 1.90 bits per heavy atom. The monoisotopic (exact) mass is 162 g/mol. The van der Waals surface area contributed by atoms with Crippen molar-refractivity contribution in [1.29, 1.82) is 0 Å². The fraction of sp³-hybridized carbons (Fsp3) is 0.286. The molecule has 0 amide bonds. The Kier molecular flexibility index (Phi) is 1.06. The number of hydrogen-bond acceptors (Lipinski definition) is 2. The van der Waals surface area contributed by atoms with Crippen LogP contribution < -0.4 is 4.74 Å². The van der Waals surface area contributed by atoms with Gasteiger partial charge in [-0.15, -0.1) is 11.6 Å². The third kappa shape index (κ3) is 1.61. The van der Waals surface area contributed by atoms with Crippen molar-refractivity contribution < 1.29 is 11.6 Å². The van der Waals surface area contributed by atoms with Crippen LogP contribution in [0.1, 0.15) is 12.4 Å². The Morgan fingerprint density at radius 2 is 2.80 bits per heavy atom. The van der Waals surface area contributed by atoms with Crippen molar-refractivity contribution in [2.45, 2.75) is 5.83 Å². The molecule has 0 radical (unpaired) electrons. The molecule has 0 fully saturated rings. The molecule has 0 N–H and O–H groups in total. The molecule has 54 valence electrons. The highest BCUT2D eigenvalue weighted by atomic mass is 35.5. The minimum Gasteiger partial charge on any atom is -0.481 e. The SMILES string of the molecule is [2H]C([2H])([2H])Oc1ccc(C([2H])([2H])Cl)cn1. The number of nitrogens with zero attached hydrogens (tertiary/aromatic N) is 1. The van der Waals surface area contributed by atoms with Gasteiger partial charge in [-0.2, -0.15) is 0 Å². The third-order valence-electron chi connectivity index (χ3n) is 0.950. The van der Waals surface area contributed by atoms with Crippen molar-refractivity contribution in [3.63, 3.8) is 0 Å². The zero-order valence-corrected chi connectivity index (χ0v) is 5.72. The van der Waals surface area contributed by atoms with E-state index >= 15 is 0 Å². The van der Waals surface area contributed by atoms with E-state index in [1.54, 1.807) is 0 Å². The Labute approximate surface area is 71.8 Å². The average Bonchev–Trinajstić information content (AvgIpc) is 2.00. The zero-order chi connectivity index (χ0) is 11.7. The molecular formula is C7H8ClNO. The fourth-order valence-electron chi connectivity index (χ4n) is 0.497. The quantitative estimate of drug-likeness (QED) is 0.619. The second-order valence-corrected chi connectivity index (χ2v) is 1.77. The topological polar surface area (TPSA) is 22.1 Å². The summed E-state index contributed by atoms with van der Waals surface area (Å²) in [7, 11) is -2.56. The molecule has 0 bridgehead atoms. The van der Waals surface area contributed by atoms with E-state index in [9.17, 15) is 0 Å². The molecule has 1 rings (SSSR count). The molecule has 1 aromatic heterocycles. The molecule has 3 heteroatoms. The number of pyridine rings is 1. The largest absolute Gasteiger partial charge is 0.481 e. The molecule has 0 aliphatic heterocycles. The molecule has 10 heavy (non-hydrogen) atoms. The number of alkyl halides is 1. The summed E-state index contributed by atoms with van der Waals surface area (Å²) in [6.07, 6.45) is 1.13. The van der Waals surface area contributed by atoms with Crippen LogP contribution in [0.5, 0.6) is 5.88 Å². The summed E-state index contributed by atoms with van der Waals surface area (Å²) < 4.78 is 39.3. The van der Waals surface area contributed by atoms with Gasteiger partial charge in [-0.1, -0.05) is 6.07 Å². The Bertz CT molecular complexity index is 331. The van der Waals surface area contributed by atoms with Gasteiger partial charge in [0.1, 0.15) is 0 Å². The van der Waals surface area contributed by atoms with Gasteiger partial charge in [-0.3, -0.25) is 0 Å². The van der Waals surface area contributed by atoms with Gasteiger partial charge in [0.15, 0.2) is 0 Å². The van der Waals surface area contributed by atoms with Crippen molar-refractivity contribution in [1.82, 2.24) is 4.98 Å². The van der Waals surface area contributed by atoms with Crippen LogP contribution in [-0.4, -0.2) is 12.0 Å². The van der Waals surface area contributed by atoms with Crippen molar-refractivity contribution in [2.75, 3.05) is 7.04 Å². The number of ether oxygens (including phenoxy) is 1. The standard InChI is InChI=1S/C7H8ClNO/c1-10-7-3-2-6(4-8)5-9-7/h2-3,5H,4H2,1H3/i1D3,4D2. The van der Waals surface area contributed by atoms with Gasteiger partial charge < -0.3 is 4.74 Å². The van der Waals surface area contributed by atoms with Crippen LogP contribution in [0.4, 0.5) is 0 Å². The van der Waals surface area contributed by atoms with Gasteiger partial charge >= 0.3 is 0 Å². The number of hydrogen-bond donors (Lipinski definition) is 0. The normalized spacial score (nSPS) is 19.5. The molecule has 0 atom stereocenters. The molecule has 0 saturated carbocycles. The number of halogens is 1. The number of aromatic nitrogens is 1. The maximum absolute atomic E-state index is 7.16. The molecule has 0 unspecified atom stereocenters. The van der Waals surface area contributed by atoms with Crippen molar-refractivity contribution in [3.8, 4) is 5.88 Å². The van der Waals surface area contributed by atoms with Crippen LogP contribution in [-0.2, 0) is 5.83 Å². The van der Waals surface area contributed by atoms with Crippen LogP contribution in [0, 0.1) is 0 Å². The first kappa shape index (κ1) is 3.09. The summed E-state index contributed by atoms with van der Waals surface area (Å²) in [4.78, 5) is 3.62. The predicted octanol–water partition coefficient (Wildman–Crippen LogP) is 1.83. The summed E-state index contributed by atoms with van der Waals surface area (Å²) >= 11 is 5.39. The summed E-state index contributed by atoms with van der Waals surface area (Å²) in [5, 5.41) is 0. The van der Waals surface area contributed by atoms with Crippen LogP contribution in [0.25, 0.3) is 0 Å². The van der Waals surface area contributed by atoms with E-state index in [2.05, 4.69) is 9.72 Å². The zero-order valence-electron chi connectivity index (χ0n) is 9.97. The highest BCUT2D eigenvalue weighted by Crippen LogP contribution is 2.07. The van der Waals surface area contributed by atoms with Crippen LogP contribution >= 0.6 is 11.6 Å². The summed E-state index contributed by atoms with van der Waals surface area (Å²) in [5.74, 6) is -2.12. The second-order valence-electron chi connectivity index (χ2n) is 1.58. The lowest BCUT2D eigenvalue weighted by Gasteiger charge is -1.97. The summed E-state index contributed by atoms with van der Waals surface area (Å²) in [5.41, 5.74) is 0.141. The summed E-state index contributed by atoms with van der Waals surface area (Å²) in [6, 6.07) is 2.57. The van der Waals surface area contributed by atoms with Crippen molar-refractivity contribution >= 4 is 11.6 Å². The molecule has 0 aromatic carbocycles. The van der Waals surface area contributed by atoms with Gasteiger partial charge in [-0.05, 0) is 5.56 Å². The molecule has 0 aliphatic carbocycles. The molecule has 0 aliphatic rings. The van der Waals surface area contributed by atoms with E-state index in [0.29, 0.717) is 0 Å². The van der Waals surface area contributed by atoms with Crippen molar-refractivity contribution in [2.24, 2.45) is 0 Å². The van der Waals surface area contributed by atoms with Crippen molar-refractivity contribution in [3.05, 3.63) is 23.9 Å². The van der Waals surface area contributed by atoms with Gasteiger partial charge in [-0.25, -0.2) is 4.98 Å². The second kappa shape index (κ2) is 3.42. The highest BCUT2D eigenvalue weighted by molar-refractivity contribution is 6.17. The fourth-order valence-corrected chi connectivity index (χ4v) is 0.608. The minimum atomic E-state index is -2.56. The Balaban J connectivity index is 2.82. The van der Waals surface area contributed by atoms with E-state index < -0.39 is 12.9 Å². The van der Waals surface area contributed by atoms with Gasteiger partial charge in [0, 0.05) is 20.8 Å². The van der Waals surface area contributed by atoms with E-state index in [1.165, 1.54) is 12.1 Å². The highest BCUT2D eigenvalue weighted by Gasteiger charge is 1.91. The lowest BCUT2D eigenvalue weighted by Crippen LogP contribution is -1.87. The molecule has 1 aromatic rings. The first-order valence-corrected chi connectivity index (χ1v) is 2.91. The van der Waals surface area contributed by atoms with Crippen LogP contribution in [0.2, 0.25) is 0 Å². The van der Waals surface area contributed by atoms with E-state index in [4.69, 9.17) is 18.5 Å². The van der Waals surface area contributed by atoms with Crippen LogP contribution in [0.3, 0.4) is 0 Å². The first-order chi connectivity index (χ1) is 6.68. The van der Waals surface area contributed by atoms with Crippen LogP contribution in [0.15, 0.2) is 18.3 Å². The Morgan fingerprint density at radius 3 is 3.30 bits per heavy atom. The minimum absolute atomic E-state index is 0.0975. The van der Waals surface area contributed by atoms with E-state index in [-0.39, 0.29) is 11.4 Å². The van der Waals surface area contributed by atoms with Gasteiger partial charge in [0.25, 0.3) is 0 Å². The molecule has 0 saturated heterocycles. The van der Waals surface area contributed by atoms with Gasteiger partial charge in [0.2, 0.25) is 5.88 Å². The van der Waals surface area contributed by atoms with E-state index in [1.807, 2.05) is 0 Å². The lowest BCUT2D eigenvalue weighted by molar-refractivity contribution is 0.397. The maximum atomic E-state index is 7.16. The molecular weight excluding hydrogens is 150 g/mol. The number of methoxy groups -OCH3 is 1. The smallest absolute Gasteiger partial charge is 0.212 e. The van der Waals surface area contributed by atoms with Gasteiger partial charge in [0.05, 0.1) is 11.2 Å². The third-order valence-corrected chi connectivity index (χ3v) is 1.17. The molecule has 1 heterocycles. The molecule has 2 nitrogen and oxygen atoms in total. The first-order valence-electron chi connectivity index (χ1n) is 5.03. The summed E-state index contributed by atoms with van der Waals surface area (Å²) in [6.45, 7) is 0.